The molecule has 108 valence electrons. The number of hydrogen-bond acceptors (Lipinski definition) is 2. The van der Waals surface area contributed by atoms with Crippen LogP contribution >= 0.6 is 0 Å². The molecule has 1 amide bonds. The molecule has 1 aromatic carbocycles. The Morgan fingerprint density at radius 2 is 2.10 bits per heavy atom. The van der Waals surface area contributed by atoms with Gasteiger partial charge >= 0.3 is 0 Å². The molecule has 0 aromatic heterocycles. The van der Waals surface area contributed by atoms with Crippen LogP contribution in [0.5, 0.6) is 0 Å². The zero-order chi connectivity index (χ0) is 14.5. The van der Waals surface area contributed by atoms with Crippen LogP contribution in [0.25, 0.3) is 0 Å². The first-order chi connectivity index (χ1) is 9.42. The summed E-state index contributed by atoms with van der Waals surface area (Å²) in [6.07, 6.45) is 2.25. The Kier molecular flexibility index (Phi) is 3.13. The summed E-state index contributed by atoms with van der Waals surface area (Å²) in [4.78, 5) is 12.5. The number of benzene rings is 1. The van der Waals surface area contributed by atoms with Crippen LogP contribution in [0, 0.1) is 11.8 Å². The van der Waals surface area contributed by atoms with Crippen molar-refractivity contribution in [3.8, 4) is 0 Å². The summed E-state index contributed by atoms with van der Waals surface area (Å²) in [5, 5.41) is 3.14. The van der Waals surface area contributed by atoms with Crippen LogP contribution in [0.2, 0.25) is 0 Å². The first-order valence-corrected chi connectivity index (χ1v) is 7.57. The largest absolute Gasteiger partial charge is 0.349 e. The van der Waals surface area contributed by atoms with Crippen molar-refractivity contribution < 1.29 is 4.79 Å². The van der Waals surface area contributed by atoms with E-state index in [4.69, 9.17) is 5.73 Å². The SMILES string of the molecule is CC(N)C(C)(C)NC(=O)C1C2CCc3ccccc3C21. The molecular formula is C17H24N2O. The lowest BCUT2D eigenvalue weighted by Crippen LogP contribution is -2.55. The molecule has 0 aliphatic heterocycles. The fourth-order valence-electron chi connectivity index (χ4n) is 3.44. The van der Waals surface area contributed by atoms with E-state index in [1.807, 2.05) is 20.8 Å². The molecule has 0 spiro atoms. The number of nitrogens with one attached hydrogen (secondary N) is 1. The second kappa shape index (κ2) is 4.59. The minimum Gasteiger partial charge on any atom is -0.349 e. The second-order valence-corrected chi connectivity index (χ2v) is 6.95. The minimum atomic E-state index is -0.345. The molecule has 0 heterocycles. The summed E-state index contributed by atoms with van der Waals surface area (Å²) >= 11 is 0. The monoisotopic (exact) mass is 272 g/mol. The van der Waals surface area contributed by atoms with Gasteiger partial charge in [-0.25, -0.2) is 0 Å². The first-order valence-electron chi connectivity index (χ1n) is 7.57. The Labute approximate surface area is 120 Å². The van der Waals surface area contributed by atoms with Crippen molar-refractivity contribution in [2.45, 2.75) is 51.1 Å². The van der Waals surface area contributed by atoms with Crippen LogP contribution < -0.4 is 11.1 Å². The number of hydrogen-bond donors (Lipinski definition) is 2. The van der Waals surface area contributed by atoms with Gasteiger partial charge in [-0.3, -0.25) is 4.79 Å². The molecule has 4 unspecified atom stereocenters. The summed E-state index contributed by atoms with van der Waals surface area (Å²) in [6.45, 7) is 5.93. The molecule has 0 bridgehead atoms. The summed E-state index contributed by atoms with van der Waals surface area (Å²) in [7, 11) is 0. The van der Waals surface area contributed by atoms with Gasteiger partial charge < -0.3 is 11.1 Å². The highest BCUT2D eigenvalue weighted by atomic mass is 16.2. The molecule has 1 saturated carbocycles. The lowest BCUT2D eigenvalue weighted by Gasteiger charge is -2.30. The van der Waals surface area contributed by atoms with Crippen molar-refractivity contribution in [1.82, 2.24) is 5.32 Å². The van der Waals surface area contributed by atoms with Gasteiger partial charge in [0, 0.05) is 17.5 Å². The zero-order valence-corrected chi connectivity index (χ0v) is 12.5. The lowest BCUT2D eigenvalue weighted by molar-refractivity contribution is -0.124. The number of fused-ring (bicyclic) bond motifs is 3. The molecule has 3 nitrogen and oxygen atoms in total. The van der Waals surface area contributed by atoms with Gasteiger partial charge in [0.2, 0.25) is 5.91 Å². The summed E-state index contributed by atoms with van der Waals surface area (Å²) in [6, 6.07) is 8.51. The maximum atomic E-state index is 12.5. The Morgan fingerprint density at radius 3 is 2.80 bits per heavy atom. The average molecular weight is 272 g/mol. The van der Waals surface area contributed by atoms with E-state index < -0.39 is 0 Å². The summed E-state index contributed by atoms with van der Waals surface area (Å²) in [5.74, 6) is 1.30. The third kappa shape index (κ3) is 2.14. The number of rotatable bonds is 3. The van der Waals surface area contributed by atoms with Gasteiger partial charge in [0.25, 0.3) is 0 Å². The highest BCUT2D eigenvalue weighted by Crippen LogP contribution is 2.59. The predicted molar refractivity (Wildman–Crippen MR) is 80.4 cm³/mol. The van der Waals surface area contributed by atoms with Crippen LogP contribution in [0.15, 0.2) is 24.3 Å². The van der Waals surface area contributed by atoms with E-state index in [0.717, 1.165) is 12.8 Å². The quantitative estimate of drug-likeness (QED) is 0.886. The molecule has 0 saturated heterocycles. The topological polar surface area (TPSA) is 55.1 Å². The third-order valence-corrected chi connectivity index (χ3v) is 5.22. The minimum absolute atomic E-state index is 0.0560. The molecule has 1 aromatic rings. The molecule has 1 fully saturated rings. The van der Waals surface area contributed by atoms with Crippen LogP contribution in [0.3, 0.4) is 0 Å². The number of aryl methyl sites for hydroxylation is 1. The summed E-state index contributed by atoms with van der Waals surface area (Å²) < 4.78 is 0. The summed E-state index contributed by atoms with van der Waals surface area (Å²) in [5.41, 5.74) is 8.42. The van der Waals surface area contributed by atoms with E-state index in [2.05, 4.69) is 29.6 Å². The molecule has 3 N–H and O–H groups in total. The molecule has 2 aliphatic rings. The van der Waals surface area contributed by atoms with E-state index in [9.17, 15) is 4.79 Å². The standard InChI is InChI=1S/C17H24N2O/c1-10(18)17(2,3)19-16(20)15-13-9-8-11-6-4-5-7-12(11)14(13)15/h4-7,10,13-15H,8-9,18H2,1-3H3,(H,19,20). The number of nitrogens with two attached hydrogens (primary N) is 1. The smallest absolute Gasteiger partial charge is 0.224 e. The predicted octanol–water partition coefficient (Wildman–Crippen LogP) is 2.20. The van der Waals surface area contributed by atoms with Gasteiger partial charge in [0.05, 0.1) is 0 Å². The Bertz CT molecular complexity index is 536. The van der Waals surface area contributed by atoms with Crippen LogP contribution in [-0.2, 0) is 11.2 Å². The van der Waals surface area contributed by atoms with Gasteiger partial charge in [0.1, 0.15) is 0 Å². The fourth-order valence-corrected chi connectivity index (χ4v) is 3.44. The third-order valence-electron chi connectivity index (χ3n) is 5.22. The highest BCUT2D eigenvalue weighted by molar-refractivity contribution is 5.84. The number of amides is 1. The Hall–Kier alpha value is -1.35. The maximum Gasteiger partial charge on any atom is 0.224 e. The average Bonchev–Trinajstić information content (AvgIpc) is 3.12. The van der Waals surface area contributed by atoms with Gasteiger partial charge in [-0.05, 0) is 56.6 Å². The fraction of sp³-hybridized carbons (Fsp3) is 0.588. The van der Waals surface area contributed by atoms with E-state index in [-0.39, 0.29) is 23.4 Å². The van der Waals surface area contributed by atoms with Crippen molar-refractivity contribution in [2.24, 2.45) is 17.6 Å². The van der Waals surface area contributed by atoms with Crippen molar-refractivity contribution in [2.75, 3.05) is 0 Å². The van der Waals surface area contributed by atoms with Crippen LogP contribution in [0.4, 0.5) is 0 Å². The highest BCUT2D eigenvalue weighted by Gasteiger charge is 2.57. The van der Waals surface area contributed by atoms with Gasteiger partial charge in [0.15, 0.2) is 0 Å². The normalized spacial score (nSPS) is 29.1. The second-order valence-electron chi connectivity index (χ2n) is 6.95. The molecule has 0 radical (unpaired) electrons. The van der Waals surface area contributed by atoms with Crippen molar-refractivity contribution in [3.63, 3.8) is 0 Å². The van der Waals surface area contributed by atoms with E-state index in [1.165, 1.54) is 11.1 Å². The molecule has 4 atom stereocenters. The van der Waals surface area contributed by atoms with E-state index >= 15 is 0 Å². The van der Waals surface area contributed by atoms with Gasteiger partial charge in [-0.15, -0.1) is 0 Å². The van der Waals surface area contributed by atoms with Gasteiger partial charge in [-0.1, -0.05) is 24.3 Å². The molecule has 20 heavy (non-hydrogen) atoms. The molecule has 3 rings (SSSR count). The van der Waals surface area contributed by atoms with Crippen molar-refractivity contribution in [1.29, 1.82) is 0 Å². The lowest BCUT2D eigenvalue weighted by atomic mass is 9.92. The van der Waals surface area contributed by atoms with Gasteiger partial charge in [-0.2, -0.15) is 0 Å². The zero-order valence-electron chi connectivity index (χ0n) is 12.5. The van der Waals surface area contributed by atoms with Crippen LogP contribution in [0.1, 0.15) is 44.2 Å². The Balaban J connectivity index is 1.75. The number of carbonyl (C=O) groups is 1. The molecule has 2 aliphatic carbocycles. The molecular weight excluding hydrogens is 248 g/mol. The van der Waals surface area contributed by atoms with E-state index in [1.54, 1.807) is 0 Å². The maximum absolute atomic E-state index is 12.5. The number of carbonyl (C=O) groups excluding carboxylic acids is 1. The van der Waals surface area contributed by atoms with Crippen molar-refractivity contribution in [3.05, 3.63) is 35.4 Å². The Morgan fingerprint density at radius 1 is 1.40 bits per heavy atom. The molecule has 3 heteroatoms. The van der Waals surface area contributed by atoms with Crippen LogP contribution in [-0.4, -0.2) is 17.5 Å². The van der Waals surface area contributed by atoms with Crippen molar-refractivity contribution >= 4 is 5.91 Å². The van der Waals surface area contributed by atoms with E-state index in [0.29, 0.717) is 11.8 Å². The first kappa shape index (κ1) is 13.6.